The van der Waals surface area contributed by atoms with Gasteiger partial charge in [-0.25, -0.2) is 14.8 Å². The normalized spacial score (nSPS) is 16.8. The molecular formula is C25H29N5O3S. The fourth-order valence-electron chi connectivity index (χ4n) is 4.63. The number of fused-ring (bicyclic) bond motifs is 1. The summed E-state index contributed by atoms with van der Waals surface area (Å²) in [5, 5.41) is 0.809. The Hall–Kier alpha value is -2.94. The van der Waals surface area contributed by atoms with Gasteiger partial charge in [-0.05, 0) is 43.6 Å². The van der Waals surface area contributed by atoms with Crippen molar-refractivity contribution in [1.82, 2.24) is 24.0 Å². The molecule has 1 aliphatic carbocycles. The van der Waals surface area contributed by atoms with Crippen molar-refractivity contribution in [2.24, 2.45) is 20.0 Å². The Labute approximate surface area is 202 Å². The van der Waals surface area contributed by atoms with E-state index in [1.54, 1.807) is 7.05 Å². The van der Waals surface area contributed by atoms with Crippen LogP contribution in [0.4, 0.5) is 0 Å². The van der Waals surface area contributed by atoms with Gasteiger partial charge in [-0.1, -0.05) is 42.1 Å². The largest absolute Gasteiger partial charge is 0.342 e. The summed E-state index contributed by atoms with van der Waals surface area (Å²) in [5.41, 5.74) is 0.864. The number of hydrogen-bond acceptors (Lipinski definition) is 6. The van der Waals surface area contributed by atoms with Gasteiger partial charge in [0.2, 0.25) is 5.91 Å². The maximum Gasteiger partial charge on any atom is 0.332 e. The number of benzene rings is 1. The number of thioether (sulfide) groups is 1. The Morgan fingerprint density at radius 2 is 1.71 bits per heavy atom. The van der Waals surface area contributed by atoms with Crippen LogP contribution in [0.3, 0.4) is 0 Å². The average molecular weight is 480 g/mol. The van der Waals surface area contributed by atoms with Crippen LogP contribution in [0.15, 0.2) is 44.9 Å². The minimum Gasteiger partial charge on any atom is -0.342 e. The first-order chi connectivity index (χ1) is 16.4. The van der Waals surface area contributed by atoms with Crippen LogP contribution in [0.1, 0.15) is 43.0 Å². The molecule has 2 aliphatic rings. The molecule has 3 heterocycles. The number of amides is 1. The molecule has 0 spiro atoms. The third kappa shape index (κ3) is 4.53. The van der Waals surface area contributed by atoms with Gasteiger partial charge in [-0.3, -0.25) is 18.7 Å². The summed E-state index contributed by atoms with van der Waals surface area (Å²) in [6.45, 7) is 1.51. The van der Waals surface area contributed by atoms with Crippen LogP contribution in [0.5, 0.6) is 0 Å². The van der Waals surface area contributed by atoms with Gasteiger partial charge in [0, 0.05) is 33.1 Å². The monoisotopic (exact) mass is 479 g/mol. The number of aryl methyl sites for hydroxylation is 1. The average Bonchev–Trinajstić information content (AvgIpc) is 3.71. The van der Waals surface area contributed by atoms with Crippen LogP contribution < -0.4 is 11.2 Å². The topological polar surface area (TPSA) is 90.1 Å². The number of carbonyl (C=O) groups is 1. The van der Waals surface area contributed by atoms with Crippen LogP contribution in [-0.2, 0) is 25.3 Å². The van der Waals surface area contributed by atoms with E-state index in [0.717, 1.165) is 49.8 Å². The minimum absolute atomic E-state index is 0.0598. The first-order valence-corrected chi connectivity index (χ1v) is 12.8. The second-order valence-electron chi connectivity index (χ2n) is 9.37. The molecule has 34 heavy (non-hydrogen) atoms. The zero-order valence-electron chi connectivity index (χ0n) is 19.6. The van der Waals surface area contributed by atoms with Gasteiger partial charge in [0.1, 0.15) is 16.2 Å². The highest BCUT2D eigenvalue weighted by Gasteiger charge is 2.30. The smallest absolute Gasteiger partial charge is 0.332 e. The minimum atomic E-state index is -0.419. The van der Waals surface area contributed by atoms with Crippen LogP contribution in [-0.4, -0.2) is 48.8 Å². The van der Waals surface area contributed by atoms with Crippen LogP contribution in [0.2, 0.25) is 0 Å². The van der Waals surface area contributed by atoms with Gasteiger partial charge in [0.15, 0.2) is 5.65 Å². The predicted molar refractivity (Wildman–Crippen MR) is 132 cm³/mol. The molecule has 9 heteroatoms. The highest BCUT2D eigenvalue weighted by molar-refractivity contribution is 8.00. The molecule has 2 fully saturated rings. The van der Waals surface area contributed by atoms with Crippen molar-refractivity contribution in [2.45, 2.75) is 43.0 Å². The number of piperidine rings is 1. The van der Waals surface area contributed by atoms with Gasteiger partial charge < -0.3 is 4.90 Å². The SMILES string of the molecule is Cn1c(=O)c2c(SCC(=O)N3CCC(Cc4ccccc4)CC3)nc(C3CC3)nc2n(C)c1=O. The molecule has 1 aliphatic heterocycles. The second-order valence-corrected chi connectivity index (χ2v) is 10.3. The molecule has 1 aromatic carbocycles. The van der Waals surface area contributed by atoms with Gasteiger partial charge in [0.25, 0.3) is 5.56 Å². The molecular weight excluding hydrogens is 450 g/mol. The molecule has 5 rings (SSSR count). The molecule has 2 aromatic heterocycles. The maximum atomic E-state index is 13.0. The van der Waals surface area contributed by atoms with Gasteiger partial charge in [-0.15, -0.1) is 0 Å². The molecule has 0 unspecified atom stereocenters. The summed E-state index contributed by atoms with van der Waals surface area (Å²) in [6, 6.07) is 10.5. The van der Waals surface area contributed by atoms with Crippen LogP contribution >= 0.6 is 11.8 Å². The van der Waals surface area contributed by atoms with Gasteiger partial charge in [0.05, 0.1) is 5.75 Å². The van der Waals surface area contributed by atoms with Crippen molar-refractivity contribution >= 4 is 28.7 Å². The number of rotatable bonds is 6. The van der Waals surface area contributed by atoms with Gasteiger partial charge >= 0.3 is 5.69 Å². The van der Waals surface area contributed by atoms with Crippen molar-refractivity contribution in [1.29, 1.82) is 0 Å². The molecule has 0 N–H and O–H groups in total. The fourth-order valence-corrected chi connectivity index (χ4v) is 5.55. The Balaban J connectivity index is 1.30. The van der Waals surface area contributed by atoms with Crippen LogP contribution in [0.25, 0.3) is 11.0 Å². The maximum absolute atomic E-state index is 13.0. The van der Waals surface area contributed by atoms with E-state index in [9.17, 15) is 14.4 Å². The number of hydrogen-bond donors (Lipinski definition) is 0. The first-order valence-electron chi connectivity index (χ1n) is 11.8. The van der Waals surface area contributed by atoms with Crippen molar-refractivity contribution in [2.75, 3.05) is 18.8 Å². The molecule has 1 saturated carbocycles. The third-order valence-corrected chi connectivity index (χ3v) is 7.85. The standard InChI is InChI=1S/C25H29N5O3S/c1-28-22-20(24(32)29(2)25(28)33)23(27-21(26-22)18-8-9-18)34-15-19(31)30-12-10-17(11-13-30)14-16-6-4-3-5-7-16/h3-7,17-18H,8-15H2,1-2H3. The van der Waals surface area contributed by atoms with E-state index in [1.165, 1.54) is 28.9 Å². The summed E-state index contributed by atoms with van der Waals surface area (Å²) in [5.74, 6) is 1.79. The van der Waals surface area contributed by atoms with E-state index in [-0.39, 0.29) is 17.6 Å². The number of aromatic nitrogens is 4. The molecule has 1 amide bonds. The van der Waals surface area contributed by atoms with Crippen molar-refractivity contribution in [3.63, 3.8) is 0 Å². The molecule has 0 atom stereocenters. The third-order valence-electron chi connectivity index (χ3n) is 6.89. The quantitative estimate of drug-likeness (QED) is 0.399. The number of nitrogens with zero attached hydrogens (tertiary/aromatic N) is 5. The van der Waals surface area contributed by atoms with Crippen molar-refractivity contribution < 1.29 is 4.79 Å². The Morgan fingerprint density at radius 1 is 1.00 bits per heavy atom. The summed E-state index contributed by atoms with van der Waals surface area (Å²) in [7, 11) is 3.07. The lowest BCUT2D eigenvalue weighted by molar-refractivity contribution is -0.129. The zero-order chi connectivity index (χ0) is 23.8. The van der Waals surface area contributed by atoms with Crippen LogP contribution in [0, 0.1) is 5.92 Å². The summed E-state index contributed by atoms with van der Waals surface area (Å²) in [4.78, 5) is 49.5. The molecule has 0 bridgehead atoms. The lowest BCUT2D eigenvalue weighted by Crippen LogP contribution is -2.40. The summed E-state index contributed by atoms with van der Waals surface area (Å²) < 4.78 is 2.47. The highest BCUT2D eigenvalue weighted by atomic mass is 32.2. The van der Waals surface area contributed by atoms with E-state index >= 15 is 0 Å². The zero-order valence-corrected chi connectivity index (χ0v) is 20.4. The van der Waals surface area contributed by atoms with E-state index in [0.29, 0.717) is 27.8 Å². The Kier molecular flexibility index (Phi) is 6.29. The van der Waals surface area contributed by atoms with E-state index in [2.05, 4.69) is 34.2 Å². The summed E-state index contributed by atoms with van der Waals surface area (Å²) in [6.07, 6.45) is 5.06. The molecule has 1 saturated heterocycles. The number of likely N-dealkylation sites (tertiary alicyclic amines) is 1. The lowest BCUT2D eigenvalue weighted by atomic mass is 9.90. The Bertz CT molecular complexity index is 1340. The highest BCUT2D eigenvalue weighted by Crippen LogP contribution is 2.39. The second kappa shape index (κ2) is 9.37. The van der Waals surface area contributed by atoms with Gasteiger partial charge in [-0.2, -0.15) is 0 Å². The van der Waals surface area contributed by atoms with Crippen molar-refractivity contribution in [3.05, 3.63) is 62.6 Å². The van der Waals surface area contributed by atoms with E-state index < -0.39 is 11.2 Å². The molecule has 178 valence electrons. The van der Waals surface area contributed by atoms with Crippen molar-refractivity contribution in [3.8, 4) is 0 Å². The number of carbonyl (C=O) groups excluding carboxylic acids is 1. The fraction of sp³-hybridized carbons (Fsp3) is 0.480. The first kappa shape index (κ1) is 22.8. The molecule has 8 nitrogen and oxygen atoms in total. The lowest BCUT2D eigenvalue weighted by Gasteiger charge is -2.32. The molecule has 0 radical (unpaired) electrons. The Morgan fingerprint density at radius 3 is 2.38 bits per heavy atom. The van der Waals surface area contributed by atoms with E-state index in [4.69, 9.17) is 0 Å². The van der Waals surface area contributed by atoms with E-state index in [1.807, 2.05) is 11.0 Å². The molecule has 3 aromatic rings. The summed E-state index contributed by atoms with van der Waals surface area (Å²) >= 11 is 1.28. The predicted octanol–water partition coefficient (Wildman–Crippen LogP) is 2.48.